The third kappa shape index (κ3) is 1.23. The minimum absolute atomic E-state index is 0.299. The van der Waals surface area contributed by atoms with Gasteiger partial charge in [0, 0.05) is 12.0 Å². The van der Waals surface area contributed by atoms with E-state index in [-0.39, 0.29) is 5.41 Å². The summed E-state index contributed by atoms with van der Waals surface area (Å²) in [4.78, 5) is 0. The Bertz CT molecular complexity index is 340. The minimum atomic E-state index is -0.776. The molecule has 14 heavy (non-hydrogen) atoms. The van der Waals surface area contributed by atoms with Gasteiger partial charge in [-0.15, -0.1) is 0 Å². The van der Waals surface area contributed by atoms with Crippen LogP contribution in [0.1, 0.15) is 24.8 Å². The lowest BCUT2D eigenvalue weighted by Crippen LogP contribution is -2.42. The molecule has 3 heteroatoms. The predicted octanol–water partition coefficient (Wildman–Crippen LogP) is 2.35. The van der Waals surface area contributed by atoms with Crippen LogP contribution in [0.3, 0.4) is 0 Å². The second-order valence-electron chi connectivity index (χ2n) is 3.94. The van der Waals surface area contributed by atoms with E-state index in [1.807, 2.05) is 0 Å². The average Bonchev–Trinajstić information content (AvgIpc) is 2.11. The van der Waals surface area contributed by atoms with Gasteiger partial charge in [0.05, 0.1) is 0 Å². The first-order valence-electron chi connectivity index (χ1n) is 4.84. The van der Waals surface area contributed by atoms with Crippen LogP contribution < -0.4 is 5.73 Å². The number of halogens is 2. The van der Waals surface area contributed by atoms with E-state index in [4.69, 9.17) is 5.73 Å². The quantitative estimate of drug-likeness (QED) is 0.773. The third-order valence-corrected chi connectivity index (χ3v) is 3.22. The molecule has 0 atom stereocenters. The summed E-state index contributed by atoms with van der Waals surface area (Å²) in [6, 6.07) is 4.33. The van der Waals surface area contributed by atoms with Gasteiger partial charge in [-0.2, -0.15) is 0 Å². The van der Waals surface area contributed by atoms with Crippen LogP contribution >= 0.6 is 0 Å². The molecule has 2 rings (SSSR count). The summed E-state index contributed by atoms with van der Waals surface area (Å²) in [5.74, 6) is -1.50. The number of rotatable bonds is 2. The van der Waals surface area contributed by atoms with Crippen LogP contribution in [0.2, 0.25) is 0 Å². The molecule has 0 unspecified atom stereocenters. The molecule has 1 aromatic carbocycles. The highest BCUT2D eigenvalue weighted by molar-refractivity contribution is 5.30. The van der Waals surface area contributed by atoms with E-state index < -0.39 is 11.6 Å². The van der Waals surface area contributed by atoms with E-state index in [0.29, 0.717) is 12.1 Å². The van der Waals surface area contributed by atoms with Crippen molar-refractivity contribution in [1.29, 1.82) is 0 Å². The van der Waals surface area contributed by atoms with Crippen molar-refractivity contribution in [3.05, 3.63) is 35.4 Å². The van der Waals surface area contributed by atoms with E-state index in [1.165, 1.54) is 0 Å². The first-order chi connectivity index (χ1) is 6.69. The summed E-state index contributed by atoms with van der Waals surface area (Å²) < 4.78 is 26.5. The fourth-order valence-corrected chi connectivity index (χ4v) is 2.10. The van der Waals surface area contributed by atoms with Gasteiger partial charge < -0.3 is 5.73 Å². The Morgan fingerprint density at radius 2 is 2.00 bits per heavy atom. The Kier molecular flexibility index (Phi) is 2.27. The first kappa shape index (κ1) is 9.59. The molecule has 0 spiro atoms. The Morgan fingerprint density at radius 3 is 2.50 bits per heavy atom. The van der Waals surface area contributed by atoms with E-state index in [1.54, 1.807) is 12.1 Å². The van der Waals surface area contributed by atoms with Crippen LogP contribution in [0.25, 0.3) is 0 Å². The van der Waals surface area contributed by atoms with Crippen molar-refractivity contribution in [2.24, 2.45) is 5.73 Å². The van der Waals surface area contributed by atoms with Gasteiger partial charge in [0.2, 0.25) is 0 Å². The summed E-state index contributed by atoms with van der Waals surface area (Å²) in [7, 11) is 0. The second-order valence-corrected chi connectivity index (χ2v) is 3.94. The molecule has 0 saturated heterocycles. The zero-order chi connectivity index (χ0) is 10.2. The standard InChI is InChI=1S/C11H13F2N/c12-9-4-1-3-8(10(9)13)11(7-14)5-2-6-11/h1,3-4H,2,5-7,14H2. The lowest BCUT2D eigenvalue weighted by Gasteiger charge is -2.41. The molecule has 0 aliphatic heterocycles. The van der Waals surface area contributed by atoms with Crippen molar-refractivity contribution in [3.8, 4) is 0 Å². The van der Waals surface area contributed by atoms with Gasteiger partial charge in [-0.25, -0.2) is 8.78 Å². The van der Waals surface area contributed by atoms with E-state index in [0.717, 1.165) is 25.3 Å². The second kappa shape index (κ2) is 3.31. The van der Waals surface area contributed by atoms with Crippen LogP contribution in [-0.2, 0) is 5.41 Å². The van der Waals surface area contributed by atoms with Crippen LogP contribution in [0.4, 0.5) is 8.78 Å². The van der Waals surface area contributed by atoms with Gasteiger partial charge in [-0.3, -0.25) is 0 Å². The van der Waals surface area contributed by atoms with Gasteiger partial charge in [0.1, 0.15) is 0 Å². The summed E-state index contributed by atoms with van der Waals surface area (Å²) in [5, 5.41) is 0. The lowest BCUT2D eigenvalue weighted by atomic mass is 9.64. The Hall–Kier alpha value is -0.960. The largest absolute Gasteiger partial charge is 0.330 e. The number of benzene rings is 1. The maximum absolute atomic E-state index is 13.5. The van der Waals surface area contributed by atoms with Crippen LogP contribution in [0.5, 0.6) is 0 Å². The zero-order valence-corrected chi connectivity index (χ0v) is 7.89. The Morgan fingerprint density at radius 1 is 1.29 bits per heavy atom. The summed E-state index contributed by atoms with van der Waals surface area (Å²) in [5.41, 5.74) is 5.78. The number of hydrogen-bond acceptors (Lipinski definition) is 1. The Labute approximate surface area is 81.9 Å². The molecule has 76 valence electrons. The fraction of sp³-hybridized carbons (Fsp3) is 0.455. The van der Waals surface area contributed by atoms with E-state index in [2.05, 4.69) is 0 Å². The molecule has 1 nitrogen and oxygen atoms in total. The monoisotopic (exact) mass is 197 g/mol. The highest BCUT2D eigenvalue weighted by Gasteiger charge is 2.39. The average molecular weight is 197 g/mol. The molecular formula is C11H13F2N. The van der Waals surface area contributed by atoms with Crippen LogP contribution in [-0.4, -0.2) is 6.54 Å². The molecule has 1 aliphatic rings. The summed E-state index contributed by atoms with van der Waals surface area (Å²) in [6.07, 6.45) is 2.78. The molecule has 0 amide bonds. The molecular weight excluding hydrogens is 184 g/mol. The molecule has 2 N–H and O–H groups in total. The minimum Gasteiger partial charge on any atom is -0.330 e. The molecule has 0 radical (unpaired) electrons. The van der Waals surface area contributed by atoms with Crippen LogP contribution in [0, 0.1) is 11.6 Å². The zero-order valence-electron chi connectivity index (χ0n) is 7.89. The first-order valence-corrected chi connectivity index (χ1v) is 4.84. The molecule has 1 aromatic rings. The molecule has 0 heterocycles. The van der Waals surface area contributed by atoms with Gasteiger partial charge in [0.15, 0.2) is 11.6 Å². The molecule has 0 aromatic heterocycles. The molecule has 0 bridgehead atoms. The van der Waals surface area contributed by atoms with E-state index >= 15 is 0 Å². The molecule has 1 fully saturated rings. The van der Waals surface area contributed by atoms with Crippen molar-refractivity contribution in [2.45, 2.75) is 24.7 Å². The smallest absolute Gasteiger partial charge is 0.162 e. The van der Waals surface area contributed by atoms with Crippen molar-refractivity contribution in [2.75, 3.05) is 6.54 Å². The highest BCUT2D eigenvalue weighted by Crippen LogP contribution is 2.43. The van der Waals surface area contributed by atoms with Gasteiger partial charge >= 0.3 is 0 Å². The van der Waals surface area contributed by atoms with Gasteiger partial charge in [0.25, 0.3) is 0 Å². The Balaban J connectivity index is 2.45. The predicted molar refractivity (Wildman–Crippen MR) is 50.9 cm³/mol. The van der Waals surface area contributed by atoms with Gasteiger partial charge in [-0.1, -0.05) is 18.6 Å². The third-order valence-electron chi connectivity index (χ3n) is 3.22. The lowest BCUT2D eigenvalue weighted by molar-refractivity contribution is 0.242. The maximum atomic E-state index is 13.5. The van der Waals surface area contributed by atoms with Gasteiger partial charge in [-0.05, 0) is 24.5 Å². The van der Waals surface area contributed by atoms with E-state index in [9.17, 15) is 8.78 Å². The van der Waals surface area contributed by atoms with Crippen molar-refractivity contribution in [3.63, 3.8) is 0 Å². The van der Waals surface area contributed by atoms with Crippen molar-refractivity contribution >= 4 is 0 Å². The van der Waals surface area contributed by atoms with Crippen LogP contribution in [0.15, 0.2) is 18.2 Å². The maximum Gasteiger partial charge on any atom is 0.162 e. The normalized spacial score (nSPS) is 19.1. The SMILES string of the molecule is NCC1(c2cccc(F)c2F)CCC1. The summed E-state index contributed by atoms with van der Waals surface area (Å²) >= 11 is 0. The highest BCUT2D eigenvalue weighted by atomic mass is 19.2. The summed E-state index contributed by atoms with van der Waals surface area (Å²) in [6.45, 7) is 0.396. The number of hydrogen-bond donors (Lipinski definition) is 1. The topological polar surface area (TPSA) is 26.0 Å². The molecule has 1 aliphatic carbocycles. The van der Waals surface area contributed by atoms with Crippen molar-refractivity contribution < 1.29 is 8.78 Å². The van der Waals surface area contributed by atoms with Crippen molar-refractivity contribution in [1.82, 2.24) is 0 Å². The fourth-order valence-electron chi connectivity index (χ4n) is 2.10. The number of nitrogens with two attached hydrogens (primary N) is 1. The molecule has 1 saturated carbocycles.